The predicted octanol–water partition coefficient (Wildman–Crippen LogP) is 0.362. The van der Waals surface area contributed by atoms with Gasteiger partial charge >= 0.3 is 9.33 Å². The first-order valence-electron chi connectivity index (χ1n) is 3.35. The Hall–Kier alpha value is -0.670. The molecule has 9 heteroatoms. The molecule has 0 heterocycles. The molecule has 86 valence electrons. The minimum absolute atomic E-state index is 0.148. The van der Waals surface area contributed by atoms with Crippen LogP contribution in [0.4, 0.5) is 0 Å². The molecule has 0 amide bonds. The van der Waals surface area contributed by atoms with E-state index in [-0.39, 0.29) is 4.90 Å². The Morgan fingerprint density at radius 3 is 1.60 bits per heavy atom. The lowest BCUT2D eigenvalue weighted by molar-refractivity contribution is 0.501. The number of hydrogen-bond acceptors (Lipinski definition) is 4. The Labute approximate surface area is 92.0 Å². The molecule has 0 unspecified atom stereocenters. The van der Waals surface area contributed by atoms with E-state index in [1.807, 2.05) is 0 Å². The topological polar surface area (TPSA) is 115 Å². The van der Waals surface area contributed by atoms with Crippen LogP contribution in [-0.2, 0) is 19.4 Å². The van der Waals surface area contributed by atoms with Gasteiger partial charge in [-0.3, -0.25) is 4.55 Å². The molecular formula is C6H8ClNO5S2. The molecule has 0 aliphatic carbocycles. The number of hydrogen-bond donors (Lipinski definition) is 2. The van der Waals surface area contributed by atoms with Gasteiger partial charge in [0.1, 0.15) is 0 Å². The van der Waals surface area contributed by atoms with E-state index in [1.165, 1.54) is 12.1 Å². The Balaban J connectivity index is 0.000000336. The fraction of sp³-hybridized carbons (Fsp3) is 0. The van der Waals surface area contributed by atoms with Gasteiger partial charge in [0.05, 0.1) is 4.90 Å². The summed E-state index contributed by atoms with van der Waals surface area (Å²) in [4.78, 5) is 0.148. The molecule has 15 heavy (non-hydrogen) atoms. The Morgan fingerprint density at radius 1 is 1.07 bits per heavy atom. The molecule has 1 rings (SSSR count). The smallest absolute Gasteiger partial charge is 0.273 e. The van der Waals surface area contributed by atoms with Crippen molar-refractivity contribution in [1.29, 1.82) is 0 Å². The second-order valence-electron chi connectivity index (χ2n) is 2.27. The van der Waals surface area contributed by atoms with Gasteiger partial charge in [-0.1, -0.05) is 18.2 Å². The average molecular weight is 274 g/mol. The van der Waals surface area contributed by atoms with Gasteiger partial charge in [0.15, 0.2) is 0 Å². The third kappa shape index (κ3) is 9.63. The van der Waals surface area contributed by atoms with Gasteiger partial charge < -0.3 is 0 Å². The fourth-order valence-electron chi connectivity index (χ4n) is 0.610. The highest BCUT2D eigenvalue weighted by atomic mass is 35.7. The van der Waals surface area contributed by atoms with E-state index in [0.29, 0.717) is 0 Å². The quantitative estimate of drug-likeness (QED) is 0.566. The number of sulfonamides is 1. The lowest BCUT2D eigenvalue weighted by Crippen LogP contribution is -2.11. The zero-order valence-electron chi connectivity index (χ0n) is 7.24. The number of nitrogens with two attached hydrogens (primary N) is 1. The van der Waals surface area contributed by atoms with Crippen molar-refractivity contribution in [1.82, 2.24) is 0 Å². The number of benzene rings is 1. The van der Waals surface area contributed by atoms with Crippen LogP contribution in [-0.4, -0.2) is 21.4 Å². The van der Waals surface area contributed by atoms with Crippen LogP contribution in [0.1, 0.15) is 0 Å². The van der Waals surface area contributed by atoms with Crippen molar-refractivity contribution in [2.45, 2.75) is 4.90 Å². The first-order valence-corrected chi connectivity index (χ1v) is 7.17. The molecule has 0 radical (unpaired) electrons. The second-order valence-corrected chi connectivity index (χ2v) is 5.83. The van der Waals surface area contributed by atoms with Crippen molar-refractivity contribution in [3.05, 3.63) is 30.3 Å². The van der Waals surface area contributed by atoms with Crippen molar-refractivity contribution in [3.8, 4) is 0 Å². The largest absolute Gasteiger partial charge is 0.353 e. The standard InChI is InChI=1S/C6H7NO2S.ClHO3S/c7-10(8,9)6-4-2-1-3-5-6;1-5(2,3)4/h1-5H,(H2,7,8,9);(H,2,3,4). The second kappa shape index (κ2) is 5.42. The SMILES string of the molecule is NS(=O)(=O)c1ccccc1.O=S(=O)(O)Cl. The molecule has 1 aromatic rings. The molecule has 3 N–H and O–H groups in total. The summed E-state index contributed by atoms with van der Waals surface area (Å²) in [5, 5.41) is 4.83. The third-order valence-corrected chi connectivity index (χ3v) is 2.00. The molecule has 0 saturated carbocycles. The lowest BCUT2D eigenvalue weighted by atomic mass is 10.4. The van der Waals surface area contributed by atoms with E-state index < -0.39 is 19.4 Å². The summed E-state index contributed by atoms with van der Waals surface area (Å²) in [5.74, 6) is 0. The first-order chi connectivity index (χ1) is 6.61. The van der Waals surface area contributed by atoms with E-state index in [4.69, 9.17) is 18.1 Å². The van der Waals surface area contributed by atoms with Crippen molar-refractivity contribution >= 4 is 30.0 Å². The highest BCUT2D eigenvalue weighted by Crippen LogP contribution is 2.02. The highest BCUT2D eigenvalue weighted by Gasteiger charge is 2.03. The molecule has 6 nitrogen and oxygen atoms in total. The zero-order chi connectivity index (χ0) is 12.1. The summed E-state index contributed by atoms with van der Waals surface area (Å²) in [7, 11) is -3.64. The van der Waals surface area contributed by atoms with Crippen LogP contribution < -0.4 is 5.14 Å². The average Bonchev–Trinajstić information content (AvgIpc) is 2.01. The predicted molar refractivity (Wildman–Crippen MR) is 55.2 cm³/mol. The Kier molecular flexibility index (Phi) is 5.18. The van der Waals surface area contributed by atoms with E-state index in [9.17, 15) is 8.42 Å². The molecular weight excluding hydrogens is 266 g/mol. The monoisotopic (exact) mass is 273 g/mol. The maximum Gasteiger partial charge on any atom is 0.353 e. The summed E-state index contributed by atoms with van der Waals surface area (Å²) < 4.78 is 46.4. The molecule has 1 aromatic carbocycles. The van der Waals surface area contributed by atoms with Crippen LogP contribution in [0.5, 0.6) is 0 Å². The molecule has 0 aliphatic heterocycles. The third-order valence-electron chi connectivity index (χ3n) is 1.07. The van der Waals surface area contributed by atoms with E-state index in [2.05, 4.69) is 10.7 Å². The maximum absolute atomic E-state index is 10.6. The molecule has 0 saturated heterocycles. The van der Waals surface area contributed by atoms with E-state index in [0.717, 1.165) is 0 Å². The van der Waals surface area contributed by atoms with E-state index in [1.54, 1.807) is 18.2 Å². The Bertz CT molecular complexity index is 488. The van der Waals surface area contributed by atoms with Crippen molar-refractivity contribution in [2.75, 3.05) is 0 Å². The summed E-state index contributed by atoms with van der Waals surface area (Å²) in [5.41, 5.74) is 0. The zero-order valence-corrected chi connectivity index (χ0v) is 9.63. The van der Waals surface area contributed by atoms with Crippen molar-refractivity contribution < 1.29 is 21.4 Å². The van der Waals surface area contributed by atoms with Gasteiger partial charge in [0, 0.05) is 10.7 Å². The summed E-state index contributed by atoms with van der Waals surface area (Å²) in [6.45, 7) is 0. The maximum atomic E-state index is 10.6. The van der Waals surface area contributed by atoms with Gasteiger partial charge in [-0.2, -0.15) is 8.42 Å². The van der Waals surface area contributed by atoms with Gasteiger partial charge in [-0.15, -0.1) is 0 Å². The fourth-order valence-corrected chi connectivity index (χ4v) is 1.15. The Morgan fingerprint density at radius 2 is 1.40 bits per heavy atom. The minimum Gasteiger partial charge on any atom is -0.273 e. The van der Waals surface area contributed by atoms with Crippen LogP contribution in [0.25, 0.3) is 0 Å². The van der Waals surface area contributed by atoms with Gasteiger partial charge in [-0.25, -0.2) is 13.6 Å². The number of rotatable bonds is 1. The molecule has 0 aromatic heterocycles. The molecule has 0 spiro atoms. The first kappa shape index (κ1) is 14.3. The summed E-state index contributed by atoms with van der Waals surface area (Å²) in [6.07, 6.45) is 0. The number of primary sulfonamides is 1. The minimum atomic E-state index is -4.19. The van der Waals surface area contributed by atoms with Gasteiger partial charge in [-0.05, 0) is 12.1 Å². The van der Waals surface area contributed by atoms with Crippen LogP contribution in [0.2, 0.25) is 0 Å². The molecule has 0 aliphatic rings. The number of halogens is 1. The van der Waals surface area contributed by atoms with Crippen molar-refractivity contribution in [2.24, 2.45) is 5.14 Å². The van der Waals surface area contributed by atoms with Crippen LogP contribution in [0, 0.1) is 0 Å². The molecule has 0 bridgehead atoms. The van der Waals surface area contributed by atoms with Crippen LogP contribution >= 0.6 is 10.7 Å². The normalized spacial score (nSPS) is 11.4. The van der Waals surface area contributed by atoms with Crippen molar-refractivity contribution in [3.63, 3.8) is 0 Å². The van der Waals surface area contributed by atoms with Gasteiger partial charge in [0.2, 0.25) is 10.0 Å². The van der Waals surface area contributed by atoms with E-state index >= 15 is 0 Å². The summed E-state index contributed by atoms with van der Waals surface area (Å²) in [6, 6.07) is 7.89. The lowest BCUT2D eigenvalue weighted by Gasteiger charge is -1.93. The van der Waals surface area contributed by atoms with Crippen LogP contribution in [0.15, 0.2) is 35.2 Å². The highest BCUT2D eigenvalue weighted by molar-refractivity contribution is 8.09. The van der Waals surface area contributed by atoms with Gasteiger partial charge in [0.25, 0.3) is 0 Å². The summed E-state index contributed by atoms with van der Waals surface area (Å²) >= 11 is 0. The van der Waals surface area contributed by atoms with Crippen LogP contribution in [0.3, 0.4) is 0 Å². The molecule has 0 atom stereocenters. The molecule has 0 fully saturated rings.